The van der Waals surface area contributed by atoms with Gasteiger partial charge in [0, 0.05) is 45.0 Å². The van der Waals surface area contributed by atoms with Crippen molar-refractivity contribution < 1.29 is 12.8 Å². The number of hydrogen-bond acceptors (Lipinski definition) is 4. The van der Waals surface area contributed by atoms with E-state index in [1.165, 1.54) is 12.1 Å². The first kappa shape index (κ1) is 22.9. The highest BCUT2D eigenvalue weighted by molar-refractivity contribution is 14.0. The maximum absolute atomic E-state index is 13.0. The predicted octanol–water partition coefficient (Wildman–Crippen LogP) is 1.21. The van der Waals surface area contributed by atoms with Crippen molar-refractivity contribution in [3.63, 3.8) is 0 Å². The fraction of sp³-hybridized carbons (Fsp3) is 0.562. The molecule has 0 saturated carbocycles. The van der Waals surface area contributed by atoms with Crippen molar-refractivity contribution >= 4 is 45.6 Å². The minimum atomic E-state index is -3.15. The second kappa shape index (κ2) is 10.9. The van der Waals surface area contributed by atoms with E-state index in [2.05, 4.69) is 14.6 Å². The van der Waals surface area contributed by atoms with E-state index in [4.69, 9.17) is 5.73 Å². The summed E-state index contributed by atoms with van der Waals surface area (Å²) in [6.07, 6.45) is 0.607. The van der Waals surface area contributed by atoms with Crippen molar-refractivity contribution in [1.29, 1.82) is 0 Å². The van der Waals surface area contributed by atoms with E-state index < -0.39 is 10.0 Å². The number of guanidine groups is 1. The van der Waals surface area contributed by atoms with E-state index in [9.17, 15) is 12.8 Å². The lowest BCUT2D eigenvalue weighted by atomic mass is 10.2. The number of sulfonamides is 1. The van der Waals surface area contributed by atoms with Crippen LogP contribution in [0.4, 0.5) is 10.1 Å². The lowest BCUT2D eigenvalue weighted by Gasteiger charge is -2.36. The summed E-state index contributed by atoms with van der Waals surface area (Å²) in [5, 5.41) is 0. The van der Waals surface area contributed by atoms with Crippen molar-refractivity contribution in [2.75, 3.05) is 49.9 Å². The first-order valence-corrected chi connectivity index (χ1v) is 10.1. The monoisotopic (exact) mass is 499 g/mol. The zero-order chi connectivity index (χ0) is 18.3. The quantitative estimate of drug-likeness (QED) is 0.255. The maximum Gasteiger partial charge on any atom is 0.211 e. The third-order valence-electron chi connectivity index (χ3n) is 4.11. The maximum atomic E-state index is 13.0. The molecule has 1 fully saturated rings. The van der Waals surface area contributed by atoms with Gasteiger partial charge in [-0.2, -0.15) is 0 Å². The molecule has 1 heterocycles. The van der Waals surface area contributed by atoms with Crippen molar-refractivity contribution in [3.8, 4) is 0 Å². The summed E-state index contributed by atoms with van der Waals surface area (Å²) >= 11 is 0. The second-order valence-corrected chi connectivity index (χ2v) is 7.94. The summed E-state index contributed by atoms with van der Waals surface area (Å²) in [5.41, 5.74) is 7.02. The number of nitrogens with two attached hydrogens (primary N) is 1. The van der Waals surface area contributed by atoms with Gasteiger partial charge in [-0.15, -0.1) is 24.0 Å². The number of piperazine rings is 1. The molecule has 1 aliphatic rings. The van der Waals surface area contributed by atoms with Crippen LogP contribution < -0.4 is 15.4 Å². The molecule has 0 spiro atoms. The molecule has 1 aromatic rings. The molecule has 148 valence electrons. The van der Waals surface area contributed by atoms with Gasteiger partial charge in [-0.3, -0.25) is 4.99 Å². The Morgan fingerprint density at radius 2 is 1.85 bits per heavy atom. The molecule has 0 aliphatic carbocycles. The lowest BCUT2D eigenvalue weighted by molar-refractivity contribution is 0.380. The molecule has 2 rings (SSSR count). The largest absolute Gasteiger partial charge is 0.370 e. The third-order valence-corrected chi connectivity index (χ3v) is 5.51. The van der Waals surface area contributed by atoms with E-state index in [1.54, 1.807) is 19.1 Å². The van der Waals surface area contributed by atoms with Crippen LogP contribution >= 0.6 is 24.0 Å². The van der Waals surface area contributed by atoms with Gasteiger partial charge in [0.25, 0.3) is 0 Å². The fourth-order valence-corrected chi connectivity index (χ4v) is 3.21. The Labute approximate surface area is 171 Å². The highest BCUT2D eigenvalue weighted by Gasteiger charge is 2.18. The van der Waals surface area contributed by atoms with Gasteiger partial charge in [-0.25, -0.2) is 17.5 Å². The van der Waals surface area contributed by atoms with Gasteiger partial charge in [0.05, 0.1) is 5.75 Å². The van der Waals surface area contributed by atoms with Gasteiger partial charge in [-0.05, 0) is 37.6 Å². The molecule has 1 aromatic carbocycles. The Hall–Kier alpha value is -1.14. The summed E-state index contributed by atoms with van der Waals surface area (Å²) < 4.78 is 38.1. The van der Waals surface area contributed by atoms with Crippen molar-refractivity contribution in [2.45, 2.75) is 13.3 Å². The average Bonchev–Trinajstić information content (AvgIpc) is 2.62. The Balaban J connectivity index is 0.00000338. The molecular weight excluding hydrogens is 472 g/mol. The second-order valence-electron chi connectivity index (χ2n) is 5.84. The van der Waals surface area contributed by atoms with Crippen LogP contribution in [-0.2, 0) is 10.0 Å². The summed E-state index contributed by atoms with van der Waals surface area (Å²) in [6, 6.07) is 6.48. The first-order valence-electron chi connectivity index (χ1n) is 8.44. The van der Waals surface area contributed by atoms with Gasteiger partial charge < -0.3 is 15.5 Å². The number of rotatable bonds is 7. The summed E-state index contributed by atoms with van der Waals surface area (Å²) in [7, 11) is -3.15. The molecule has 1 saturated heterocycles. The van der Waals surface area contributed by atoms with Crippen LogP contribution in [0, 0.1) is 5.82 Å². The number of benzene rings is 1. The van der Waals surface area contributed by atoms with Crippen molar-refractivity contribution in [1.82, 2.24) is 9.62 Å². The molecule has 26 heavy (non-hydrogen) atoms. The number of aliphatic imine (C=N–C) groups is 1. The molecule has 0 amide bonds. The highest BCUT2D eigenvalue weighted by atomic mass is 127. The van der Waals surface area contributed by atoms with Gasteiger partial charge in [0.1, 0.15) is 5.82 Å². The minimum absolute atomic E-state index is 0. The van der Waals surface area contributed by atoms with Gasteiger partial charge in [-0.1, -0.05) is 0 Å². The molecule has 0 atom stereocenters. The van der Waals surface area contributed by atoms with Crippen LogP contribution in [0.1, 0.15) is 13.3 Å². The number of nitrogens with zero attached hydrogens (tertiary/aromatic N) is 3. The molecule has 1 aliphatic heterocycles. The van der Waals surface area contributed by atoms with E-state index in [-0.39, 0.29) is 35.5 Å². The van der Waals surface area contributed by atoms with E-state index >= 15 is 0 Å². The molecule has 0 radical (unpaired) electrons. The Kier molecular flexibility index (Phi) is 9.58. The van der Waals surface area contributed by atoms with E-state index in [0.717, 1.165) is 31.9 Å². The Morgan fingerprint density at radius 1 is 1.23 bits per heavy atom. The van der Waals surface area contributed by atoms with E-state index in [1.807, 2.05) is 4.90 Å². The molecule has 0 unspecified atom stereocenters. The van der Waals surface area contributed by atoms with Crippen molar-refractivity contribution in [2.24, 2.45) is 10.7 Å². The van der Waals surface area contributed by atoms with Gasteiger partial charge in [0.2, 0.25) is 10.0 Å². The molecule has 0 aromatic heterocycles. The Bertz CT molecular complexity index is 676. The van der Waals surface area contributed by atoms with Crippen LogP contribution in [0.3, 0.4) is 0 Å². The number of nitrogens with one attached hydrogen (secondary N) is 1. The van der Waals surface area contributed by atoms with Gasteiger partial charge >= 0.3 is 0 Å². The third kappa shape index (κ3) is 7.23. The van der Waals surface area contributed by atoms with Crippen LogP contribution in [-0.4, -0.2) is 64.3 Å². The SMILES string of the molecule is CCS(=O)(=O)NCCCN=C(N)N1CCN(c2ccc(F)cc2)CC1.I. The molecule has 7 nitrogen and oxygen atoms in total. The van der Waals surface area contributed by atoms with Crippen LogP contribution in [0.15, 0.2) is 29.3 Å². The number of hydrogen-bond donors (Lipinski definition) is 2. The molecule has 0 bridgehead atoms. The van der Waals surface area contributed by atoms with Crippen LogP contribution in [0.25, 0.3) is 0 Å². The Morgan fingerprint density at radius 3 is 2.42 bits per heavy atom. The van der Waals surface area contributed by atoms with Crippen LogP contribution in [0.2, 0.25) is 0 Å². The van der Waals surface area contributed by atoms with Gasteiger partial charge in [0.15, 0.2) is 5.96 Å². The predicted molar refractivity (Wildman–Crippen MR) is 114 cm³/mol. The fourth-order valence-electron chi connectivity index (χ4n) is 2.55. The summed E-state index contributed by atoms with van der Waals surface area (Å²) in [5.74, 6) is 0.327. The minimum Gasteiger partial charge on any atom is -0.370 e. The average molecular weight is 499 g/mol. The molecule has 10 heteroatoms. The smallest absolute Gasteiger partial charge is 0.211 e. The summed E-state index contributed by atoms with van der Waals surface area (Å²) in [4.78, 5) is 8.51. The zero-order valence-corrected chi connectivity index (χ0v) is 18.0. The molecule has 3 N–H and O–H groups in total. The lowest BCUT2D eigenvalue weighted by Crippen LogP contribution is -2.51. The summed E-state index contributed by atoms with van der Waals surface area (Å²) in [6.45, 7) is 5.52. The highest BCUT2D eigenvalue weighted by Crippen LogP contribution is 2.16. The number of halogens is 2. The molecular formula is C16H27FIN5O2S. The van der Waals surface area contributed by atoms with E-state index in [0.29, 0.717) is 25.5 Å². The first-order chi connectivity index (χ1) is 11.9. The van der Waals surface area contributed by atoms with Crippen LogP contribution in [0.5, 0.6) is 0 Å². The number of anilines is 1. The van der Waals surface area contributed by atoms with Crippen molar-refractivity contribution in [3.05, 3.63) is 30.1 Å². The zero-order valence-electron chi connectivity index (χ0n) is 14.9. The topological polar surface area (TPSA) is 91.0 Å². The standard InChI is InChI=1S/C16H26FN5O2S.HI/c1-2-25(23,24)20-9-3-8-19-16(18)22-12-10-21(11-13-22)15-6-4-14(17)5-7-15;/h4-7,20H,2-3,8-13H2,1H3,(H2,18,19);1H. The normalized spacial score (nSPS) is 15.7.